The van der Waals surface area contributed by atoms with Gasteiger partial charge in [0, 0.05) is 18.1 Å². The lowest BCUT2D eigenvalue weighted by Crippen LogP contribution is -2.32. The molecule has 0 aromatic carbocycles. The molecule has 5 nitrogen and oxygen atoms in total. The van der Waals surface area contributed by atoms with E-state index >= 15 is 0 Å². The highest BCUT2D eigenvalue weighted by molar-refractivity contribution is 7.03. The Labute approximate surface area is 107 Å². The second-order valence-electron chi connectivity index (χ2n) is 4.21. The lowest BCUT2D eigenvalue weighted by Gasteiger charge is -2.22. The second-order valence-corrected chi connectivity index (χ2v) is 4.99. The maximum atomic E-state index is 11.1. The molecule has 1 atom stereocenters. The minimum atomic E-state index is -0.362. The Kier molecular flexibility index (Phi) is 2.61. The molecule has 0 fully saturated rings. The summed E-state index contributed by atoms with van der Waals surface area (Å²) in [7, 11) is 0. The number of fused-ring (bicyclic) bond motifs is 2. The average molecular weight is 261 g/mol. The molecule has 1 N–H and O–H groups in total. The van der Waals surface area contributed by atoms with E-state index < -0.39 is 0 Å². The summed E-state index contributed by atoms with van der Waals surface area (Å²) in [6.07, 6.45) is 7.60. The Hall–Kier alpha value is -1.79. The molecule has 2 aliphatic rings. The number of hydrogen-bond donors (Lipinski definition) is 1. The van der Waals surface area contributed by atoms with Crippen LogP contribution in [0.25, 0.3) is 5.57 Å². The zero-order valence-electron chi connectivity index (χ0n) is 9.70. The van der Waals surface area contributed by atoms with Crippen LogP contribution >= 0.6 is 11.5 Å². The van der Waals surface area contributed by atoms with Gasteiger partial charge in [0.15, 0.2) is 0 Å². The summed E-state index contributed by atoms with van der Waals surface area (Å²) in [5.74, 6) is -0.404. The van der Waals surface area contributed by atoms with Gasteiger partial charge in [-0.3, -0.25) is 10.0 Å². The number of allylic oxidation sites excluding steroid dienone is 3. The van der Waals surface area contributed by atoms with Gasteiger partial charge in [-0.1, -0.05) is 12.2 Å². The summed E-state index contributed by atoms with van der Waals surface area (Å²) in [5, 5.41) is 11.3. The Morgan fingerprint density at radius 1 is 1.61 bits per heavy atom. The number of amides is 1. The number of carbonyl (C=O) groups is 1. The van der Waals surface area contributed by atoms with E-state index in [2.05, 4.69) is 9.37 Å². The van der Waals surface area contributed by atoms with E-state index in [0.717, 1.165) is 26.2 Å². The molecule has 0 saturated heterocycles. The van der Waals surface area contributed by atoms with Gasteiger partial charge in [-0.2, -0.15) is 4.37 Å². The van der Waals surface area contributed by atoms with E-state index in [1.165, 1.54) is 18.5 Å². The van der Waals surface area contributed by atoms with Crippen LogP contribution in [0.1, 0.15) is 6.92 Å². The molecule has 0 spiro atoms. The average Bonchev–Trinajstić information content (AvgIpc) is 2.88. The van der Waals surface area contributed by atoms with Crippen molar-refractivity contribution in [1.82, 2.24) is 9.44 Å². The molecule has 1 aromatic heterocycles. The summed E-state index contributed by atoms with van der Waals surface area (Å²) >= 11 is 1.36. The van der Waals surface area contributed by atoms with Crippen LogP contribution in [0, 0.1) is 5.92 Å². The molecule has 92 valence electrons. The number of hydroxylamine groups is 2. The fraction of sp³-hybridized carbons (Fsp3) is 0.250. The third-order valence-corrected chi connectivity index (χ3v) is 3.74. The molecule has 18 heavy (non-hydrogen) atoms. The molecule has 1 amide bonds. The van der Waals surface area contributed by atoms with Crippen molar-refractivity contribution in [2.24, 2.45) is 10.9 Å². The van der Waals surface area contributed by atoms with Crippen LogP contribution in [0.5, 0.6) is 0 Å². The fourth-order valence-corrected chi connectivity index (χ4v) is 2.83. The van der Waals surface area contributed by atoms with E-state index in [-0.39, 0.29) is 18.4 Å². The Bertz CT molecular complexity index is 686. The molecule has 3 rings (SSSR count). The van der Waals surface area contributed by atoms with Crippen molar-refractivity contribution < 1.29 is 10.0 Å². The van der Waals surface area contributed by atoms with Crippen LogP contribution in [-0.2, 0) is 4.79 Å². The minimum absolute atomic E-state index is 0.0414. The molecular weight excluding hydrogens is 250 g/mol. The van der Waals surface area contributed by atoms with Gasteiger partial charge in [-0.25, -0.2) is 10.1 Å². The fourth-order valence-electron chi connectivity index (χ4n) is 2.17. The highest BCUT2D eigenvalue weighted by atomic mass is 32.1. The standard InChI is InChI=1S/C12H11N3O2S/c1-7(16)15(17)6-8-3-2-4-10-11(8)9-5-13-18-12(9)14-10/h2-5,8,17H,6H2,1H3. The summed E-state index contributed by atoms with van der Waals surface area (Å²) in [4.78, 5) is 15.6. The Morgan fingerprint density at radius 2 is 2.44 bits per heavy atom. The van der Waals surface area contributed by atoms with Crippen molar-refractivity contribution in [2.75, 3.05) is 6.54 Å². The first-order chi connectivity index (χ1) is 8.66. The van der Waals surface area contributed by atoms with Crippen LogP contribution in [-0.4, -0.2) is 27.1 Å². The first-order valence-electron chi connectivity index (χ1n) is 5.56. The van der Waals surface area contributed by atoms with Crippen molar-refractivity contribution >= 4 is 23.0 Å². The van der Waals surface area contributed by atoms with Gasteiger partial charge in [0.25, 0.3) is 0 Å². The van der Waals surface area contributed by atoms with Crippen molar-refractivity contribution in [2.45, 2.75) is 6.92 Å². The number of nitrogens with zero attached hydrogens (tertiary/aromatic N) is 3. The Morgan fingerprint density at radius 3 is 3.22 bits per heavy atom. The number of hydrogen-bond acceptors (Lipinski definition) is 5. The second kappa shape index (κ2) is 4.15. The topological polar surface area (TPSA) is 65.8 Å². The van der Waals surface area contributed by atoms with Crippen LogP contribution in [0.15, 0.2) is 35.1 Å². The lowest BCUT2D eigenvalue weighted by molar-refractivity contribution is -0.163. The van der Waals surface area contributed by atoms with E-state index in [1.54, 1.807) is 6.20 Å². The van der Waals surface area contributed by atoms with Crippen molar-refractivity contribution in [3.63, 3.8) is 0 Å². The molecule has 0 saturated carbocycles. The minimum Gasteiger partial charge on any atom is -0.286 e. The molecule has 6 heteroatoms. The first-order valence-corrected chi connectivity index (χ1v) is 6.33. The molecule has 0 bridgehead atoms. The normalized spacial score (nSPS) is 20.0. The predicted molar refractivity (Wildman–Crippen MR) is 66.2 cm³/mol. The van der Waals surface area contributed by atoms with Gasteiger partial charge in [-0.05, 0) is 23.2 Å². The molecule has 1 aromatic rings. The van der Waals surface area contributed by atoms with Crippen LogP contribution in [0.3, 0.4) is 0 Å². The smallest absolute Gasteiger partial charge is 0.242 e. The van der Waals surface area contributed by atoms with Crippen molar-refractivity contribution in [1.29, 1.82) is 0 Å². The summed E-state index contributed by atoms with van der Waals surface area (Å²) in [5.41, 5.74) is 1.95. The number of rotatable bonds is 2. The first kappa shape index (κ1) is 11.3. The largest absolute Gasteiger partial charge is 0.286 e. The van der Waals surface area contributed by atoms with E-state index in [1.807, 2.05) is 18.2 Å². The number of carbonyl (C=O) groups excluding carboxylic acids is 1. The van der Waals surface area contributed by atoms with Gasteiger partial charge in [0.1, 0.15) is 4.67 Å². The highest BCUT2D eigenvalue weighted by Gasteiger charge is 2.25. The highest BCUT2D eigenvalue weighted by Crippen LogP contribution is 2.28. The third-order valence-electron chi connectivity index (χ3n) is 3.04. The quantitative estimate of drug-likeness (QED) is 0.612. The van der Waals surface area contributed by atoms with Gasteiger partial charge in [0.05, 0.1) is 18.4 Å². The predicted octanol–water partition coefficient (Wildman–Crippen LogP) is 0.235. The lowest BCUT2D eigenvalue weighted by atomic mass is 9.91. The summed E-state index contributed by atoms with van der Waals surface area (Å²) < 4.78 is 5.02. The van der Waals surface area contributed by atoms with Gasteiger partial charge in [0.2, 0.25) is 5.91 Å². The third kappa shape index (κ3) is 1.70. The summed E-state index contributed by atoms with van der Waals surface area (Å²) in [6.45, 7) is 1.58. The van der Waals surface area contributed by atoms with Gasteiger partial charge < -0.3 is 0 Å². The maximum absolute atomic E-state index is 11.1. The van der Waals surface area contributed by atoms with Crippen LogP contribution in [0.2, 0.25) is 0 Å². The van der Waals surface area contributed by atoms with Crippen LogP contribution < -0.4 is 9.89 Å². The van der Waals surface area contributed by atoms with E-state index in [0.29, 0.717) is 0 Å². The SMILES string of the molecule is CC(=O)N(O)CC1C=CC=C2N=c3sncc3=C21. The molecule has 1 aliphatic heterocycles. The Balaban J connectivity index is 2.02. The summed E-state index contributed by atoms with van der Waals surface area (Å²) in [6, 6.07) is 0. The maximum Gasteiger partial charge on any atom is 0.242 e. The molecule has 0 radical (unpaired) electrons. The van der Waals surface area contributed by atoms with Crippen molar-refractivity contribution in [3.05, 3.63) is 40.0 Å². The zero-order valence-corrected chi connectivity index (χ0v) is 10.5. The van der Waals surface area contributed by atoms with Crippen molar-refractivity contribution in [3.8, 4) is 0 Å². The molecule has 1 unspecified atom stereocenters. The molecule has 1 aliphatic carbocycles. The van der Waals surface area contributed by atoms with Crippen LogP contribution in [0.4, 0.5) is 0 Å². The van der Waals surface area contributed by atoms with E-state index in [4.69, 9.17) is 0 Å². The van der Waals surface area contributed by atoms with Gasteiger partial charge in [-0.15, -0.1) is 0 Å². The molecular formula is C12H11N3O2S. The molecule has 2 heterocycles. The number of aromatic nitrogens is 1. The van der Waals surface area contributed by atoms with E-state index in [9.17, 15) is 10.0 Å². The monoisotopic (exact) mass is 261 g/mol. The zero-order chi connectivity index (χ0) is 12.7. The van der Waals surface area contributed by atoms with Gasteiger partial charge >= 0.3 is 0 Å².